The van der Waals surface area contributed by atoms with Crippen molar-refractivity contribution in [1.82, 2.24) is 24.5 Å². The maximum absolute atomic E-state index is 12.5. The van der Waals surface area contributed by atoms with Gasteiger partial charge in [0.2, 0.25) is 5.91 Å². The van der Waals surface area contributed by atoms with Crippen LogP contribution in [0.1, 0.15) is 5.56 Å². The van der Waals surface area contributed by atoms with Crippen LogP contribution < -0.4 is 15.7 Å². The molecule has 2 heterocycles. The van der Waals surface area contributed by atoms with Crippen LogP contribution >= 0.6 is 0 Å². The molecule has 0 aliphatic rings. The average molecular weight is 363 g/mol. The van der Waals surface area contributed by atoms with Gasteiger partial charge in [0.1, 0.15) is 18.6 Å². The van der Waals surface area contributed by atoms with Crippen LogP contribution in [-0.4, -0.2) is 32.2 Å². The lowest BCUT2D eigenvalue weighted by atomic mass is 10.2. The molecule has 0 saturated heterocycles. The minimum atomic E-state index is -0.400. The van der Waals surface area contributed by atoms with E-state index in [1.807, 2.05) is 48.5 Å². The summed E-state index contributed by atoms with van der Waals surface area (Å²) in [6.45, 7) is 0.195. The Morgan fingerprint density at radius 3 is 2.70 bits per heavy atom. The summed E-state index contributed by atoms with van der Waals surface area (Å²) >= 11 is 0. The van der Waals surface area contributed by atoms with E-state index in [1.54, 1.807) is 7.11 Å². The molecule has 2 aromatic heterocycles. The lowest BCUT2D eigenvalue weighted by Crippen LogP contribution is -2.32. The van der Waals surface area contributed by atoms with Gasteiger partial charge in [-0.3, -0.25) is 4.79 Å². The van der Waals surface area contributed by atoms with Crippen molar-refractivity contribution >= 4 is 22.5 Å². The Labute approximate surface area is 154 Å². The summed E-state index contributed by atoms with van der Waals surface area (Å²) in [5.41, 5.74) is 1.75. The van der Waals surface area contributed by atoms with Crippen molar-refractivity contribution in [3.63, 3.8) is 0 Å². The Hall–Kier alpha value is -3.68. The number of carbonyl (C=O) groups excluding carboxylic acids is 1. The zero-order valence-electron chi connectivity index (χ0n) is 14.6. The maximum atomic E-state index is 12.5. The zero-order valence-corrected chi connectivity index (χ0v) is 14.6. The molecule has 0 saturated carbocycles. The Balaban J connectivity index is 1.52. The smallest absolute Gasteiger partial charge is 0.352 e. The van der Waals surface area contributed by atoms with Gasteiger partial charge < -0.3 is 10.1 Å². The Bertz CT molecular complexity index is 1180. The van der Waals surface area contributed by atoms with Gasteiger partial charge in [0.15, 0.2) is 5.65 Å². The predicted octanol–water partition coefficient (Wildman–Crippen LogP) is 1.37. The van der Waals surface area contributed by atoms with Crippen molar-refractivity contribution in [3.05, 3.63) is 70.9 Å². The number of benzene rings is 2. The van der Waals surface area contributed by atoms with E-state index in [1.165, 1.54) is 10.7 Å². The first-order chi connectivity index (χ1) is 13.2. The van der Waals surface area contributed by atoms with Crippen LogP contribution in [0, 0.1) is 0 Å². The fourth-order valence-electron chi connectivity index (χ4n) is 2.84. The number of methoxy groups -OCH3 is 1. The molecule has 0 bridgehead atoms. The fourth-order valence-corrected chi connectivity index (χ4v) is 2.84. The van der Waals surface area contributed by atoms with Crippen LogP contribution in [-0.2, 0) is 17.9 Å². The van der Waals surface area contributed by atoms with Crippen molar-refractivity contribution in [2.45, 2.75) is 13.1 Å². The lowest BCUT2D eigenvalue weighted by Gasteiger charge is -2.06. The molecule has 1 N–H and O–H groups in total. The molecule has 1 amide bonds. The quantitative estimate of drug-likeness (QED) is 0.578. The van der Waals surface area contributed by atoms with Gasteiger partial charge in [-0.25, -0.2) is 18.9 Å². The summed E-state index contributed by atoms with van der Waals surface area (Å²) < 4.78 is 7.60. The highest BCUT2D eigenvalue weighted by Crippen LogP contribution is 2.14. The highest BCUT2D eigenvalue weighted by atomic mass is 16.5. The largest absolute Gasteiger partial charge is 0.497 e. The van der Waals surface area contributed by atoms with Gasteiger partial charge in [-0.15, -0.1) is 5.10 Å². The highest BCUT2D eigenvalue weighted by Gasteiger charge is 2.13. The topological polar surface area (TPSA) is 90.5 Å². The van der Waals surface area contributed by atoms with Gasteiger partial charge in [0, 0.05) is 11.9 Å². The van der Waals surface area contributed by atoms with Crippen molar-refractivity contribution in [2.24, 2.45) is 0 Å². The van der Waals surface area contributed by atoms with Gasteiger partial charge >= 0.3 is 5.69 Å². The first-order valence-electron chi connectivity index (χ1n) is 8.38. The number of aromatic nitrogens is 4. The van der Waals surface area contributed by atoms with E-state index >= 15 is 0 Å². The Morgan fingerprint density at radius 1 is 1.15 bits per heavy atom. The van der Waals surface area contributed by atoms with Crippen LogP contribution in [0.2, 0.25) is 0 Å². The molecule has 0 fully saturated rings. The number of nitrogens with one attached hydrogen (secondary N) is 1. The Morgan fingerprint density at radius 2 is 1.93 bits per heavy atom. The fraction of sp³-hybridized carbons (Fsp3) is 0.158. The van der Waals surface area contributed by atoms with E-state index in [-0.39, 0.29) is 12.5 Å². The third-order valence-corrected chi connectivity index (χ3v) is 4.27. The summed E-state index contributed by atoms with van der Waals surface area (Å²) in [4.78, 5) is 29.0. The molecule has 8 nitrogen and oxygen atoms in total. The number of carbonyl (C=O) groups is 1. The summed E-state index contributed by atoms with van der Waals surface area (Å²) in [7, 11) is 1.60. The zero-order chi connectivity index (χ0) is 18.8. The van der Waals surface area contributed by atoms with E-state index < -0.39 is 5.69 Å². The van der Waals surface area contributed by atoms with Crippen LogP contribution in [0.3, 0.4) is 0 Å². The highest BCUT2D eigenvalue weighted by molar-refractivity contribution is 5.90. The summed E-state index contributed by atoms with van der Waals surface area (Å²) in [5, 5.41) is 7.86. The number of nitrogens with zero attached hydrogens (tertiary/aromatic N) is 4. The van der Waals surface area contributed by atoms with Crippen LogP contribution in [0.5, 0.6) is 5.75 Å². The van der Waals surface area contributed by atoms with Crippen molar-refractivity contribution in [3.8, 4) is 5.75 Å². The van der Waals surface area contributed by atoms with Crippen LogP contribution in [0.25, 0.3) is 16.6 Å². The van der Waals surface area contributed by atoms with Crippen LogP contribution in [0.15, 0.2) is 59.7 Å². The first kappa shape index (κ1) is 16.8. The lowest BCUT2D eigenvalue weighted by molar-refractivity contribution is -0.122. The third kappa shape index (κ3) is 3.24. The van der Waals surface area contributed by atoms with E-state index in [0.29, 0.717) is 12.2 Å². The molecule has 0 radical (unpaired) electrons. The second kappa shape index (κ2) is 6.91. The van der Waals surface area contributed by atoms with E-state index in [2.05, 4.69) is 15.4 Å². The molecule has 4 aromatic rings. The number of para-hydroxylation sites is 1. The predicted molar refractivity (Wildman–Crippen MR) is 99.6 cm³/mol. The van der Waals surface area contributed by atoms with Crippen molar-refractivity contribution < 1.29 is 9.53 Å². The third-order valence-electron chi connectivity index (χ3n) is 4.27. The van der Waals surface area contributed by atoms with E-state index in [0.717, 1.165) is 26.9 Å². The molecule has 0 spiro atoms. The summed E-state index contributed by atoms with van der Waals surface area (Å²) in [5.74, 6) is 0.454. The number of hydrogen-bond acceptors (Lipinski definition) is 5. The van der Waals surface area contributed by atoms with Gasteiger partial charge in [-0.2, -0.15) is 0 Å². The summed E-state index contributed by atoms with van der Waals surface area (Å²) in [6.07, 6.45) is 1.43. The number of hydrogen-bond donors (Lipinski definition) is 1. The second-order valence-corrected chi connectivity index (χ2v) is 6.02. The molecule has 136 valence electrons. The molecule has 2 aromatic carbocycles. The van der Waals surface area contributed by atoms with E-state index in [4.69, 9.17) is 4.74 Å². The molecule has 0 aliphatic heterocycles. The van der Waals surface area contributed by atoms with E-state index in [9.17, 15) is 9.59 Å². The number of amides is 1. The van der Waals surface area contributed by atoms with Gasteiger partial charge in [-0.05, 0) is 29.8 Å². The molecule has 8 heteroatoms. The standard InChI is InChI=1S/C19H17N5O3/c1-27-14-8-6-13(7-9-14)10-20-17(25)11-24-19(26)23-12-21-16-5-3-2-4-15(16)18(23)22-24/h2-9,12H,10-11H2,1H3,(H,20,25). The normalized spacial score (nSPS) is 11.0. The average Bonchev–Trinajstić information content (AvgIpc) is 3.03. The van der Waals surface area contributed by atoms with Gasteiger partial charge in [0.25, 0.3) is 0 Å². The first-order valence-corrected chi connectivity index (χ1v) is 8.38. The SMILES string of the molecule is COc1ccc(CNC(=O)Cn2nc3c4ccccc4ncn3c2=O)cc1. The molecular formula is C19H17N5O3. The number of rotatable bonds is 5. The van der Waals surface area contributed by atoms with Crippen molar-refractivity contribution in [1.29, 1.82) is 0 Å². The monoisotopic (exact) mass is 363 g/mol. The number of ether oxygens (including phenoxy) is 1. The minimum absolute atomic E-state index is 0.162. The van der Waals surface area contributed by atoms with Gasteiger partial charge in [-0.1, -0.05) is 24.3 Å². The van der Waals surface area contributed by atoms with Crippen LogP contribution in [0.4, 0.5) is 0 Å². The summed E-state index contributed by atoms with van der Waals surface area (Å²) in [6, 6.07) is 14.8. The molecular weight excluding hydrogens is 346 g/mol. The molecule has 27 heavy (non-hydrogen) atoms. The van der Waals surface area contributed by atoms with Gasteiger partial charge in [0.05, 0.1) is 12.6 Å². The maximum Gasteiger partial charge on any atom is 0.352 e. The molecule has 0 aliphatic carbocycles. The number of fused-ring (bicyclic) bond motifs is 3. The molecule has 0 unspecified atom stereocenters. The van der Waals surface area contributed by atoms with Crippen molar-refractivity contribution in [2.75, 3.05) is 7.11 Å². The molecule has 4 rings (SSSR count). The molecule has 0 atom stereocenters. The minimum Gasteiger partial charge on any atom is -0.497 e. The Kier molecular flexibility index (Phi) is 4.29. The second-order valence-electron chi connectivity index (χ2n) is 6.02.